The number of carbonyl (C=O) groups is 5. The number of aliphatic hydroxyl groups is 6. The van der Waals surface area contributed by atoms with Crippen molar-refractivity contribution in [2.75, 3.05) is 78.9 Å². The van der Waals surface area contributed by atoms with Crippen molar-refractivity contribution in [2.45, 2.75) is 94.1 Å². The molecule has 1 aromatic carbocycles. The van der Waals surface area contributed by atoms with Crippen LogP contribution in [0.5, 0.6) is 0 Å². The summed E-state index contributed by atoms with van der Waals surface area (Å²) < 4.78 is 32.4. The van der Waals surface area contributed by atoms with Gasteiger partial charge in [0.2, 0.25) is 23.6 Å². The Hall–Kier alpha value is -3.79. The summed E-state index contributed by atoms with van der Waals surface area (Å²) in [7, 11) is 0. The van der Waals surface area contributed by atoms with Crippen LogP contribution in [0.15, 0.2) is 30.3 Å². The maximum absolute atomic E-state index is 12.8. The molecule has 0 bridgehead atoms. The van der Waals surface area contributed by atoms with Gasteiger partial charge in [-0.3, -0.25) is 29.5 Å². The number of benzene rings is 1. The summed E-state index contributed by atoms with van der Waals surface area (Å²) in [6.07, 6.45) is -11.6. The van der Waals surface area contributed by atoms with E-state index in [0.29, 0.717) is 12.7 Å². The van der Waals surface area contributed by atoms with Gasteiger partial charge in [0.25, 0.3) is 0 Å². The zero-order chi connectivity index (χ0) is 44.7. The van der Waals surface area contributed by atoms with E-state index in [1.165, 1.54) is 18.7 Å². The molecule has 2 saturated heterocycles. The predicted molar refractivity (Wildman–Crippen MR) is 210 cm³/mol. The van der Waals surface area contributed by atoms with Gasteiger partial charge in [-0.15, -0.1) is 0 Å². The molecule has 2 fully saturated rings. The number of hydrazine groups is 1. The molecule has 0 saturated carbocycles. The minimum Gasteiger partial charge on any atom is -0.388 e. The van der Waals surface area contributed by atoms with Crippen LogP contribution in [0.1, 0.15) is 25.8 Å². The summed E-state index contributed by atoms with van der Waals surface area (Å²) in [5.41, 5.74) is 6.14. The van der Waals surface area contributed by atoms with Gasteiger partial charge in [-0.25, -0.2) is 5.43 Å². The predicted octanol–water partition coefficient (Wildman–Crippen LogP) is -5.82. The Labute approximate surface area is 353 Å². The zero-order valence-electron chi connectivity index (χ0n) is 34.3. The van der Waals surface area contributed by atoms with Crippen molar-refractivity contribution in [1.82, 2.24) is 31.7 Å². The van der Waals surface area contributed by atoms with Crippen LogP contribution in [0, 0.1) is 0 Å². The monoisotopic (exact) mass is 874 g/mol. The summed E-state index contributed by atoms with van der Waals surface area (Å²) in [5, 5.41) is 67.6. The number of aliphatic hydroxyl groups excluding tert-OH is 6. The second-order valence-electron chi connectivity index (χ2n) is 14.4. The fourth-order valence-corrected chi connectivity index (χ4v) is 5.96. The van der Waals surface area contributed by atoms with Gasteiger partial charge >= 0.3 is 0 Å². The highest BCUT2D eigenvalue weighted by atomic mass is 16.7. The highest BCUT2D eigenvalue weighted by Gasteiger charge is 2.43. The van der Waals surface area contributed by atoms with Gasteiger partial charge in [0.05, 0.1) is 83.9 Å². The molecule has 0 aliphatic carbocycles. The molecule has 11 atom stereocenters. The first kappa shape index (κ1) is 51.6. The van der Waals surface area contributed by atoms with Crippen LogP contribution in [-0.2, 0) is 58.8 Å². The van der Waals surface area contributed by atoms with Crippen LogP contribution in [-0.4, -0.2) is 212 Å². The Morgan fingerprint density at radius 3 is 1.57 bits per heavy atom. The molecule has 2 heterocycles. The molecule has 23 heteroatoms. The van der Waals surface area contributed by atoms with E-state index in [-0.39, 0.29) is 78.1 Å². The average Bonchev–Trinajstić information content (AvgIpc) is 3.24. The highest BCUT2D eigenvalue weighted by Crippen LogP contribution is 2.22. The van der Waals surface area contributed by atoms with Gasteiger partial charge in [-0.2, -0.15) is 0 Å². The summed E-state index contributed by atoms with van der Waals surface area (Å²) in [4.78, 5) is 63.1. The Kier molecular flexibility index (Phi) is 23.7. The van der Waals surface area contributed by atoms with Gasteiger partial charge < -0.3 is 79.8 Å². The van der Waals surface area contributed by atoms with E-state index >= 15 is 0 Å². The Morgan fingerprint density at radius 1 is 0.639 bits per heavy atom. The van der Waals surface area contributed by atoms with E-state index in [4.69, 9.17) is 28.4 Å². The maximum Gasteiger partial charge on any atom is 0.236 e. The quantitative estimate of drug-likeness (QED) is 0.0212. The third kappa shape index (κ3) is 19.0. The van der Waals surface area contributed by atoms with Crippen molar-refractivity contribution in [1.29, 1.82) is 0 Å². The third-order valence-corrected chi connectivity index (χ3v) is 9.40. The normalized spacial score (nSPS) is 26.9. The van der Waals surface area contributed by atoms with Crippen molar-refractivity contribution in [2.24, 2.45) is 0 Å². The van der Waals surface area contributed by atoms with Crippen molar-refractivity contribution in [3.8, 4) is 0 Å². The molecule has 0 spiro atoms. The number of aldehydes is 1. The van der Waals surface area contributed by atoms with Gasteiger partial charge in [0, 0.05) is 19.6 Å². The number of rotatable bonds is 28. The zero-order valence-corrected chi connectivity index (χ0v) is 34.3. The summed E-state index contributed by atoms with van der Waals surface area (Å²) in [6.45, 7) is 2.06. The topological polar surface area (TPSA) is 326 Å². The van der Waals surface area contributed by atoms with Crippen LogP contribution in [0.2, 0.25) is 0 Å². The van der Waals surface area contributed by atoms with E-state index in [0.717, 1.165) is 5.56 Å². The molecule has 0 aromatic heterocycles. The minimum absolute atomic E-state index is 0.0411. The molecule has 4 amide bonds. The number of hydrogen-bond acceptors (Lipinski definition) is 19. The molecule has 1 aromatic rings. The van der Waals surface area contributed by atoms with Crippen LogP contribution in [0.3, 0.4) is 0 Å². The molecule has 3 rings (SSSR count). The van der Waals surface area contributed by atoms with Crippen LogP contribution >= 0.6 is 0 Å². The Balaban J connectivity index is 1.34. The van der Waals surface area contributed by atoms with E-state index in [1.807, 2.05) is 30.3 Å². The number of carbonyl (C=O) groups excluding carboxylic acids is 5. The number of amides is 4. The van der Waals surface area contributed by atoms with Gasteiger partial charge in [0.1, 0.15) is 42.9 Å². The van der Waals surface area contributed by atoms with Crippen molar-refractivity contribution >= 4 is 29.9 Å². The molecule has 23 nitrogen and oxygen atoms in total. The third-order valence-electron chi connectivity index (χ3n) is 9.40. The molecular formula is C38H62N6O17. The largest absolute Gasteiger partial charge is 0.388 e. The summed E-state index contributed by atoms with van der Waals surface area (Å²) >= 11 is 0. The van der Waals surface area contributed by atoms with Crippen LogP contribution in [0.4, 0.5) is 0 Å². The SMILES string of the molecule is C[C@@H]1O[C@@H](OCCNC(=O)CN(CC(=O)NCCOCCOCCC(=O)NN[C@H](C=O)Cc2ccccc2)CC(=O)NCCO[C@@H]2O[C@@H](C)[C@@H](O)[C@@H](O)[C@@H]2O)[C@@H](O)[C@H](O)[C@@H]1O. The van der Waals surface area contributed by atoms with Gasteiger partial charge in [-0.05, 0) is 25.8 Å². The van der Waals surface area contributed by atoms with E-state index < -0.39 is 98.3 Å². The molecule has 0 radical (unpaired) electrons. The molecule has 61 heavy (non-hydrogen) atoms. The molecule has 346 valence electrons. The fourth-order valence-electron chi connectivity index (χ4n) is 5.96. The molecular weight excluding hydrogens is 812 g/mol. The van der Waals surface area contributed by atoms with Crippen LogP contribution in [0.25, 0.3) is 0 Å². The summed E-state index contributed by atoms with van der Waals surface area (Å²) in [6, 6.07) is 8.76. The second-order valence-corrected chi connectivity index (χ2v) is 14.4. The van der Waals surface area contributed by atoms with Gasteiger partial charge in [-0.1, -0.05) is 30.3 Å². The number of nitrogens with one attached hydrogen (secondary N) is 5. The first-order valence-electron chi connectivity index (χ1n) is 20.0. The van der Waals surface area contributed by atoms with Crippen LogP contribution < -0.4 is 26.8 Å². The molecule has 11 N–H and O–H groups in total. The maximum atomic E-state index is 12.8. The first-order valence-corrected chi connectivity index (χ1v) is 20.0. The number of ether oxygens (including phenoxy) is 6. The van der Waals surface area contributed by atoms with Crippen molar-refractivity contribution in [3.05, 3.63) is 35.9 Å². The van der Waals surface area contributed by atoms with Crippen molar-refractivity contribution < 1.29 is 83.0 Å². The fraction of sp³-hybridized carbons (Fsp3) is 0.711. The number of nitrogens with zero attached hydrogens (tertiary/aromatic N) is 1. The first-order chi connectivity index (χ1) is 29.2. The lowest BCUT2D eigenvalue weighted by atomic mass is 10.0. The molecule has 0 unspecified atom stereocenters. The van der Waals surface area contributed by atoms with E-state index in [9.17, 15) is 54.6 Å². The molecule has 2 aliphatic rings. The standard InChI is InChI=1S/C38H62N6O17/c1-23-31(50)33(52)35(54)37(60-23)58-14-10-40-29(48)20-44(21-30(49)41-11-15-59-38-36(55)34(53)32(51)24(2)61-38)19-28(47)39-9-13-57-17-16-56-12-8-27(46)43-42-26(22-45)18-25-6-4-3-5-7-25/h3-7,22-24,26,31-38,42,50-55H,8-21H2,1-2H3,(H,39,47)(H,40,48)(H,41,49)(H,43,46)/t23-,24-,26-,31+,32+,33+,34+,35-,36-,37+,38+/m0/s1. The second kappa shape index (κ2) is 28.0. The minimum atomic E-state index is -1.52. The van der Waals surface area contributed by atoms with Gasteiger partial charge in [0.15, 0.2) is 12.6 Å². The molecule has 2 aliphatic heterocycles. The average molecular weight is 875 g/mol. The summed E-state index contributed by atoms with van der Waals surface area (Å²) in [5.74, 6) is -2.04. The lowest BCUT2D eigenvalue weighted by Gasteiger charge is -2.38. The smallest absolute Gasteiger partial charge is 0.236 e. The van der Waals surface area contributed by atoms with E-state index in [1.54, 1.807) is 0 Å². The highest BCUT2D eigenvalue weighted by molar-refractivity contribution is 5.84. The number of hydrogen-bond donors (Lipinski definition) is 11. The Bertz CT molecular complexity index is 1410. The lowest BCUT2D eigenvalue weighted by molar-refractivity contribution is -0.292. The lowest BCUT2D eigenvalue weighted by Crippen LogP contribution is -2.57. The van der Waals surface area contributed by atoms with Crippen molar-refractivity contribution in [3.63, 3.8) is 0 Å². The Morgan fingerprint density at radius 2 is 1.10 bits per heavy atom. The van der Waals surface area contributed by atoms with E-state index in [2.05, 4.69) is 26.8 Å².